The Morgan fingerprint density at radius 1 is 1.08 bits per heavy atom. The van der Waals surface area contributed by atoms with E-state index in [1.54, 1.807) is 12.1 Å². The van der Waals surface area contributed by atoms with Gasteiger partial charge in [0.2, 0.25) is 0 Å². The lowest BCUT2D eigenvalue weighted by Crippen LogP contribution is -2.29. The van der Waals surface area contributed by atoms with Crippen molar-refractivity contribution in [3.63, 3.8) is 0 Å². The molecule has 2 aromatic carbocycles. The highest BCUT2D eigenvalue weighted by molar-refractivity contribution is 6.34. The fourth-order valence-corrected chi connectivity index (χ4v) is 2.45. The largest absolute Gasteiger partial charge is 0.465 e. The molecule has 0 saturated heterocycles. The molecule has 0 spiro atoms. The van der Waals surface area contributed by atoms with Crippen molar-refractivity contribution >= 4 is 35.0 Å². The van der Waals surface area contributed by atoms with Gasteiger partial charge in [0.25, 0.3) is 17.5 Å². The van der Waals surface area contributed by atoms with Crippen LogP contribution in [0.1, 0.15) is 20.7 Å². The summed E-state index contributed by atoms with van der Waals surface area (Å²) in [6.45, 7) is 0. The van der Waals surface area contributed by atoms with Gasteiger partial charge in [-0.2, -0.15) is 0 Å². The van der Waals surface area contributed by atoms with E-state index in [-0.39, 0.29) is 22.5 Å². The molecule has 0 unspecified atom stereocenters. The lowest BCUT2D eigenvalue weighted by atomic mass is 10.1. The van der Waals surface area contributed by atoms with E-state index in [2.05, 4.69) is 0 Å². The molecule has 1 aliphatic rings. The van der Waals surface area contributed by atoms with Crippen molar-refractivity contribution in [3.8, 4) is 0 Å². The molecule has 3 amide bonds. The van der Waals surface area contributed by atoms with Crippen molar-refractivity contribution < 1.29 is 24.4 Å². The minimum atomic E-state index is -1.47. The van der Waals surface area contributed by atoms with Crippen molar-refractivity contribution in [1.82, 2.24) is 0 Å². The summed E-state index contributed by atoms with van der Waals surface area (Å²) < 4.78 is 0. The third-order valence-corrected chi connectivity index (χ3v) is 3.47. The number of amides is 3. The Morgan fingerprint density at radius 2 is 1.67 bits per heavy atom. The van der Waals surface area contributed by atoms with Crippen LogP contribution in [0.3, 0.4) is 0 Å². The molecule has 0 radical (unpaired) electrons. The smallest absolute Gasteiger partial charge is 0.409 e. The van der Waals surface area contributed by atoms with Crippen LogP contribution in [-0.2, 0) is 0 Å². The molecular formula is C15H9N3O6. The van der Waals surface area contributed by atoms with Crippen LogP contribution in [0.4, 0.5) is 21.9 Å². The molecule has 0 saturated carbocycles. The maximum absolute atomic E-state index is 12.4. The van der Waals surface area contributed by atoms with Crippen LogP contribution in [-0.4, -0.2) is 27.9 Å². The van der Waals surface area contributed by atoms with Crippen LogP contribution in [0.5, 0.6) is 0 Å². The second kappa shape index (κ2) is 5.47. The SMILES string of the molecule is O=C(O)Nc1ccc(N2C(=O)c3ccccc3C2=O)cc1[N+](=O)[O-]. The molecule has 9 nitrogen and oxygen atoms in total. The van der Waals surface area contributed by atoms with Crippen LogP contribution in [0.15, 0.2) is 42.5 Å². The Balaban J connectivity index is 2.07. The van der Waals surface area contributed by atoms with E-state index in [4.69, 9.17) is 5.11 Å². The number of rotatable bonds is 3. The molecule has 2 aromatic rings. The number of nitrogens with one attached hydrogen (secondary N) is 1. The Bertz CT molecular complexity index is 873. The summed E-state index contributed by atoms with van der Waals surface area (Å²) in [6.07, 6.45) is -1.47. The second-order valence-corrected chi connectivity index (χ2v) is 4.88. The number of nitrogens with zero attached hydrogens (tertiary/aromatic N) is 2. The van der Waals surface area contributed by atoms with E-state index in [0.29, 0.717) is 0 Å². The van der Waals surface area contributed by atoms with Crippen molar-refractivity contribution in [2.24, 2.45) is 0 Å². The van der Waals surface area contributed by atoms with E-state index in [0.717, 1.165) is 17.0 Å². The Kier molecular flexibility index (Phi) is 3.45. The van der Waals surface area contributed by atoms with Gasteiger partial charge < -0.3 is 5.11 Å². The van der Waals surface area contributed by atoms with Gasteiger partial charge in [-0.1, -0.05) is 12.1 Å². The normalized spacial score (nSPS) is 12.9. The molecule has 9 heteroatoms. The number of benzene rings is 2. The molecule has 0 bridgehead atoms. The zero-order valence-corrected chi connectivity index (χ0v) is 11.9. The van der Waals surface area contributed by atoms with Crippen LogP contribution in [0.2, 0.25) is 0 Å². The highest BCUT2D eigenvalue weighted by Gasteiger charge is 2.37. The summed E-state index contributed by atoms with van der Waals surface area (Å²) in [4.78, 5) is 46.6. The fourth-order valence-electron chi connectivity index (χ4n) is 2.45. The number of hydrogen-bond acceptors (Lipinski definition) is 5. The average molecular weight is 327 g/mol. The van der Waals surface area contributed by atoms with Crippen molar-refractivity contribution in [2.75, 3.05) is 10.2 Å². The summed E-state index contributed by atoms with van der Waals surface area (Å²) in [5, 5.41) is 21.7. The van der Waals surface area contributed by atoms with Crippen molar-refractivity contribution in [2.45, 2.75) is 0 Å². The Hall–Kier alpha value is -3.75. The van der Waals surface area contributed by atoms with Gasteiger partial charge >= 0.3 is 6.09 Å². The Labute approximate surface area is 134 Å². The monoisotopic (exact) mass is 327 g/mol. The minimum absolute atomic E-state index is 0.0103. The van der Waals surface area contributed by atoms with Gasteiger partial charge in [-0.05, 0) is 24.3 Å². The molecule has 1 heterocycles. The van der Waals surface area contributed by atoms with Crippen LogP contribution in [0, 0.1) is 10.1 Å². The summed E-state index contributed by atoms with van der Waals surface area (Å²) in [5.41, 5.74) is -0.418. The van der Waals surface area contributed by atoms with E-state index >= 15 is 0 Å². The number of carboxylic acid groups (broad SMARTS) is 1. The van der Waals surface area contributed by atoms with E-state index in [1.807, 2.05) is 5.32 Å². The number of hydrogen-bond donors (Lipinski definition) is 2. The fraction of sp³-hybridized carbons (Fsp3) is 0. The lowest BCUT2D eigenvalue weighted by Gasteiger charge is -2.14. The molecule has 2 N–H and O–H groups in total. The molecule has 0 fully saturated rings. The quantitative estimate of drug-likeness (QED) is 0.506. The molecule has 0 aromatic heterocycles. The predicted octanol–water partition coefficient (Wildman–Crippen LogP) is 2.49. The van der Waals surface area contributed by atoms with Crippen LogP contribution < -0.4 is 10.2 Å². The summed E-state index contributed by atoms with van der Waals surface area (Å²) in [7, 11) is 0. The first-order chi connectivity index (χ1) is 11.4. The number of nitro groups is 1. The van der Waals surface area contributed by atoms with Gasteiger partial charge in [0.05, 0.1) is 21.7 Å². The highest BCUT2D eigenvalue weighted by atomic mass is 16.6. The molecule has 24 heavy (non-hydrogen) atoms. The zero-order chi connectivity index (χ0) is 17.4. The number of carbonyl (C=O) groups excluding carboxylic acids is 2. The minimum Gasteiger partial charge on any atom is -0.465 e. The molecule has 1 aliphatic heterocycles. The number of carbonyl (C=O) groups is 3. The predicted molar refractivity (Wildman–Crippen MR) is 82.3 cm³/mol. The third kappa shape index (κ3) is 2.33. The summed E-state index contributed by atoms with van der Waals surface area (Å²) in [6, 6.07) is 9.57. The van der Waals surface area contributed by atoms with Crippen LogP contribution in [0.25, 0.3) is 0 Å². The number of anilines is 2. The first-order valence-electron chi connectivity index (χ1n) is 6.66. The molecule has 0 atom stereocenters. The van der Waals surface area contributed by atoms with Gasteiger partial charge in [0.1, 0.15) is 5.69 Å². The van der Waals surface area contributed by atoms with Gasteiger partial charge in [0.15, 0.2) is 0 Å². The van der Waals surface area contributed by atoms with Crippen molar-refractivity contribution in [3.05, 3.63) is 63.7 Å². The first kappa shape index (κ1) is 15.2. The molecule has 120 valence electrons. The van der Waals surface area contributed by atoms with Crippen molar-refractivity contribution in [1.29, 1.82) is 0 Å². The maximum Gasteiger partial charge on any atom is 0.409 e. The first-order valence-corrected chi connectivity index (χ1v) is 6.66. The zero-order valence-electron chi connectivity index (χ0n) is 11.9. The summed E-state index contributed by atoms with van der Waals surface area (Å²) in [5.74, 6) is -1.19. The van der Waals surface area contributed by atoms with Gasteiger partial charge in [-0.3, -0.25) is 25.0 Å². The highest BCUT2D eigenvalue weighted by Crippen LogP contribution is 2.34. The molecule has 0 aliphatic carbocycles. The number of fused-ring (bicyclic) bond motifs is 1. The average Bonchev–Trinajstić information content (AvgIpc) is 2.79. The number of imide groups is 1. The standard InChI is InChI=1S/C15H9N3O6/c19-13-9-3-1-2-4-10(9)14(20)17(13)8-5-6-11(16-15(21)22)12(7-8)18(23)24/h1-7,16H,(H,21,22). The maximum atomic E-state index is 12.4. The van der Waals surface area contributed by atoms with Crippen LogP contribution >= 0.6 is 0 Å². The van der Waals surface area contributed by atoms with E-state index in [9.17, 15) is 24.5 Å². The second-order valence-electron chi connectivity index (χ2n) is 4.88. The molecule has 3 rings (SSSR count). The Morgan fingerprint density at radius 3 is 2.17 bits per heavy atom. The van der Waals surface area contributed by atoms with Gasteiger partial charge in [-0.15, -0.1) is 0 Å². The van der Waals surface area contributed by atoms with Gasteiger partial charge in [-0.25, -0.2) is 9.69 Å². The topological polar surface area (TPSA) is 130 Å². The van der Waals surface area contributed by atoms with E-state index < -0.39 is 28.5 Å². The lowest BCUT2D eigenvalue weighted by molar-refractivity contribution is -0.383. The van der Waals surface area contributed by atoms with E-state index in [1.165, 1.54) is 18.2 Å². The third-order valence-electron chi connectivity index (χ3n) is 3.47. The van der Waals surface area contributed by atoms with Gasteiger partial charge in [0, 0.05) is 6.07 Å². The summed E-state index contributed by atoms with van der Waals surface area (Å²) >= 11 is 0. The number of nitro benzene ring substituents is 1. The molecular weight excluding hydrogens is 318 g/mol.